The first-order valence-corrected chi connectivity index (χ1v) is 11.6. The molecule has 4 nitrogen and oxygen atoms in total. The smallest absolute Gasteiger partial charge is 0.233 e. The predicted molar refractivity (Wildman–Crippen MR) is 133 cm³/mol. The largest absolute Gasteiger partial charge is 0.309 e. The minimum Gasteiger partial charge on any atom is -0.309 e. The zero-order valence-corrected chi connectivity index (χ0v) is 19.6. The summed E-state index contributed by atoms with van der Waals surface area (Å²) in [7, 11) is 4.09. The lowest BCUT2D eigenvalue weighted by molar-refractivity contribution is -0.118. The highest BCUT2D eigenvalue weighted by atomic mass is 35.5. The maximum absolute atomic E-state index is 13.5. The second kappa shape index (κ2) is 9.35. The number of hydrogen-bond acceptors (Lipinski definition) is 4. The summed E-state index contributed by atoms with van der Waals surface area (Å²) < 4.78 is 1.01. The normalized spacial score (nSPS) is 11.5. The van der Waals surface area contributed by atoms with Gasteiger partial charge in [0.05, 0.1) is 16.6 Å². The Hall–Kier alpha value is -2.47. The standard InChI is InChI=1S/C25H26ClN3OS/c1-17-14-20(26)16-22-24(17)27-25(31-22)29(13-7-12-28(2)3)23(30)15-19-10-6-9-18-8-4-5-11-21(18)19/h4-6,8-11,14,16H,7,12-13,15H2,1-3H3. The van der Waals surface area contributed by atoms with Gasteiger partial charge in [0.15, 0.2) is 5.13 Å². The summed E-state index contributed by atoms with van der Waals surface area (Å²) in [6.07, 6.45) is 1.23. The molecule has 6 heteroatoms. The Labute approximate surface area is 192 Å². The Bertz CT molecular complexity index is 1230. The van der Waals surface area contributed by atoms with Crippen LogP contribution in [0.2, 0.25) is 5.02 Å². The molecule has 3 aromatic carbocycles. The van der Waals surface area contributed by atoms with E-state index in [4.69, 9.17) is 16.6 Å². The van der Waals surface area contributed by atoms with Crippen molar-refractivity contribution < 1.29 is 4.79 Å². The summed E-state index contributed by atoms with van der Waals surface area (Å²) >= 11 is 7.78. The molecule has 0 radical (unpaired) electrons. The van der Waals surface area contributed by atoms with Crippen molar-refractivity contribution in [2.24, 2.45) is 0 Å². The Morgan fingerprint density at radius 3 is 2.65 bits per heavy atom. The molecule has 1 aromatic heterocycles. The fourth-order valence-corrected chi connectivity index (χ4v) is 5.30. The van der Waals surface area contributed by atoms with E-state index in [1.807, 2.05) is 62.3 Å². The van der Waals surface area contributed by atoms with Crippen LogP contribution in [-0.4, -0.2) is 43.0 Å². The van der Waals surface area contributed by atoms with Crippen LogP contribution in [0.15, 0.2) is 54.6 Å². The SMILES string of the molecule is Cc1cc(Cl)cc2sc(N(CCCN(C)C)C(=O)Cc3cccc4ccccc34)nc12. The number of rotatable bonds is 7. The predicted octanol–water partition coefficient (Wildman–Crippen LogP) is 5.94. The molecule has 0 aliphatic heterocycles. The van der Waals surface area contributed by atoms with Gasteiger partial charge in [-0.1, -0.05) is 65.4 Å². The number of amides is 1. The van der Waals surface area contributed by atoms with Crippen molar-refractivity contribution in [3.8, 4) is 0 Å². The Morgan fingerprint density at radius 2 is 1.84 bits per heavy atom. The minimum absolute atomic E-state index is 0.0675. The second-order valence-corrected chi connectivity index (χ2v) is 9.53. The number of thiazole rings is 1. The van der Waals surface area contributed by atoms with Gasteiger partial charge in [-0.2, -0.15) is 0 Å². The van der Waals surface area contributed by atoms with Gasteiger partial charge in [-0.15, -0.1) is 0 Å². The van der Waals surface area contributed by atoms with Crippen LogP contribution >= 0.6 is 22.9 Å². The van der Waals surface area contributed by atoms with Crippen LogP contribution in [0.1, 0.15) is 17.5 Å². The van der Waals surface area contributed by atoms with Crippen molar-refractivity contribution in [1.82, 2.24) is 9.88 Å². The zero-order chi connectivity index (χ0) is 22.0. The summed E-state index contributed by atoms with van der Waals surface area (Å²) in [5, 5.41) is 3.71. The average Bonchev–Trinajstić information content (AvgIpc) is 3.15. The van der Waals surface area contributed by atoms with Crippen molar-refractivity contribution in [2.75, 3.05) is 32.1 Å². The van der Waals surface area contributed by atoms with Gasteiger partial charge in [0.2, 0.25) is 5.91 Å². The number of fused-ring (bicyclic) bond motifs is 2. The number of nitrogens with zero attached hydrogens (tertiary/aromatic N) is 3. The summed E-state index contributed by atoms with van der Waals surface area (Å²) in [4.78, 5) is 22.3. The Kier molecular flexibility index (Phi) is 6.56. The summed E-state index contributed by atoms with van der Waals surface area (Å²) in [5.41, 5.74) is 2.99. The molecular formula is C25H26ClN3OS. The van der Waals surface area contributed by atoms with Gasteiger partial charge in [0.1, 0.15) is 0 Å². The van der Waals surface area contributed by atoms with Gasteiger partial charge in [-0.25, -0.2) is 4.98 Å². The van der Waals surface area contributed by atoms with Crippen LogP contribution in [0.25, 0.3) is 21.0 Å². The maximum atomic E-state index is 13.5. The average molecular weight is 452 g/mol. The van der Waals surface area contributed by atoms with Crippen molar-refractivity contribution in [2.45, 2.75) is 19.8 Å². The van der Waals surface area contributed by atoms with Crippen LogP contribution in [0.4, 0.5) is 5.13 Å². The van der Waals surface area contributed by atoms with Gasteiger partial charge in [-0.3, -0.25) is 9.69 Å². The first-order valence-electron chi connectivity index (χ1n) is 10.4. The van der Waals surface area contributed by atoms with E-state index >= 15 is 0 Å². The molecule has 0 bridgehead atoms. The van der Waals surface area contributed by atoms with Crippen LogP contribution in [0.5, 0.6) is 0 Å². The van der Waals surface area contributed by atoms with Crippen molar-refractivity contribution in [1.29, 1.82) is 0 Å². The third-order valence-corrected chi connectivity index (χ3v) is 6.62. The summed E-state index contributed by atoms with van der Waals surface area (Å²) in [6, 6.07) is 18.2. The quantitative estimate of drug-likeness (QED) is 0.349. The molecule has 0 N–H and O–H groups in total. The monoisotopic (exact) mass is 451 g/mol. The van der Waals surface area contributed by atoms with Crippen molar-refractivity contribution >= 4 is 55.0 Å². The molecule has 4 rings (SSSR count). The molecule has 0 fully saturated rings. The molecule has 31 heavy (non-hydrogen) atoms. The number of aromatic nitrogens is 1. The van der Waals surface area contributed by atoms with E-state index in [2.05, 4.69) is 23.1 Å². The molecule has 0 unspecified atom stereocenters. The lowest BCUT2D eigenvalue weighted by Crippen LogP contribution is -2.34. The fraction of sp³-hybridized carbons (Fsp3) is 0.280. The molecule has 160 valence electrons. The van der Waals surface area contributed by atoms with Crippen molar-refractivity contribution in [3.63, 3.8) is 0 Å². The topological polar surface area (TPSA) is 36.4 Å². The lowest BCUT2D eigenvalue weighted by Gasteiger charge is -2.21. The summed E-state index contributed by atoms with van der Waals surface area (Å²) in [6.45, 7) is 3.55. The first kappa shape index (κ1) is 21.8. The van der Waals surface area contributed by atoms with Gasteiger partial charge in [-0.05, 0) is 68.0 Å². The van der Waals surface area contributed by atoms with Crippen LogP contribution in [-0.2, 0) is 11.2 Å². The van der Waals surface area contributed by atoms with Crippen LogP contribution in [0.3, 0.4) is 0 Å². The third kappa shape index (κ3) is 4.90. The molecular weight excluding hydrogens is 426 g/mol. The van der Waals surface area contributed by atoms with Gasteiger partial charge < -0.3 is 4.90 Å². The van der Waals surface area contributed by atoms with Crippen molar-refractivity contribution in [3.05, 3.63) is 70.7 Å². The van der Waals surface area contributed by atoms with Crippen LogP contribution < -0.4 is 4.90 Å². The number of hydrogen-bond donors (Lipinski definition) is 0. The number of anilines is 1. The number of aryl methyl sites for hydroxylation is 1. The molecule has 0 spiro atoms. The number of halogens is 1. The molecule has 0 saturated carbocycles. The second-order valence-electron chi connectivity index (χ2n) is 8.08. The van der Waals surface area contributed by atoms with E-state index in [1.54, 1.807) is 0 Å². The molecule has 1 amide bonds. The molecule has 0 aliphatic carbocycles. The molecule has 0 saturated heterocycles. The molecule has 4 aromatic rings. The molecule has 0 aliphatic rings. The summed E-state index contributed by atoms with van der Waals surface area (Å²) in [5.74, 6) is 0.0675. The first-order chi connectivity index (χ1) is 14.9. The fourth-order valence-electron chi connectivity index (χ4n) is 3.84. The molecule has 0 atom stereocenters. The maximum Gasteiger partial charge on any atom is 0.233 e. The van der Waals surface area contributed by atoms with E-state index in [9.17, 15) is 4.79 Å². The Morgan fingerprint density at radius 1 is 1.06 bits per heavy atom. The van der Waals surface area contributed by atoms with Crippen LogP contribution in [0, 0.1) is 6.92 Å². The minimum atomic E-state index is 0.0675. The van der Waals surface area contributed by atoms with Gasteiger partial charge in [0, 0.05) is 11.6 Å². The zero-order valence-electron chi connectivity index (χ0n) is 18.1. The van der Waals surface area contributed by atoms with Gasteiger partial charge >= 0.3 is 0 Å². The lowest BCUT2D eigenvalue weighted by atomic mass is 10.0. The van der Waals surface area contributed by atoms with E-state index in [-0.39, 0.29) is 5.91 Å². The third-order valence-electron chi connectivity index (χ3n) is 5.38. The number of benzene rings is 3. The van der Waals surface area contributed by atoms with E-state index < -0.39 is 0 Å². The molecule has 1 heterocycles. The van der Waals surface area contributed by atoms with E-state index in [0.717, 1.165) is 50.2 Å². The highest BCUT2D eigenvalue weighted by Crippen LogP contribution is 2.33. The highest BCUT2D eigenvalue weighted by molar-refractivity contribution is 7.22. The van der Waals surface area contributed by atoms with E-state index in [1.165, 1.54) is 11.3 Å². The van der Waals surface area contributed by atoms with E-state index in [0.29, 0.717) is 18.0 Å². The number of carbonyl (C=O) groups is 1. The van der Waals surface area contributed by atoms with Gasteiger partial charge in [0.25, 0.3) is 0 Å². The highest BCUT2D eigenvalue weighted by Gasteiger charge is 2.21. The number of carbonyl (C=O) groups excluding carboxylic acids is 1. The Balaban J connectivity index is 1.67.